The van der Waals surface area contributed by atoms with Gasteiger partial charge in [0, 0.05) is 36.8 Å². The van der Waals surface area contributed by atoms with E-state index in [2.05, 4.69) is 6.07 Å². The molecule has 2 aromatic rings. The van der Waals surface area contributed by atoms with Crippen LogP contribution < -0.4 is 10.3 Å². The molecule has 2 bridgehead atoms. The van der Waals surface area contributed by atoms with Crippen LogP contribution in [0.5, 0.6) is 5.75 Å². The number of aliphatic hydroxyl groups is 1. The summed E-state index contributed by atoms with van der Waals surface area (Å²) in [7, 11) is 1.66. The lowest BCUT2D eigenvalue weighted by Crippen LogP contribution is -2.56. The molecule has 164 valence electrons. The minimum absolute atomic E-state index is 0.0225. The molecule has 6 nitrogen and oxygen atoms in total. The number of nitrogens with zero attached hydrogens (tertiary/aromatic N) is 2. The predicted molar refractivity (Wildman–Crippen MR) is 117 cm³/mol. The molecule has 31 heavy (non-hydrogen) atoms. The Morgan fingerprint density at radius 3 is 2.71 bits per heavy atom. The van der Waals surface area contributed by atoms with Gasteiger partial charge in [-0.1, -0.05) is 18.2 Å². The summed E-state index contributed by atoms with van der Waals surface area (Å²) in [4.78, 5) is 28.1. The van der Waals surface area contributed by atoms with Gasteiger partial charge in [-0.3, -0.25) is 9.59 Å². The van der Waals surface area contributed by atoms with Gasteiger partial charge in [0.25, 0.3) is 11.5 Å². The topological polar surface area (TPSA) is 71.8 Å². The second-order valence-electron chi connectivity index (χ2n) is 9.42. The highest BCUT2D eigenvalue weighted by atomic mass is 16.5. The van der Waals surface area contributed by atoms with Crippen molar-refractivity contribution in [1.29, 1.82) is 0 Å². The minimum Gasteiger partial charge on any atom is -0.497 e. The molecule has 0 unspecified atom stereocenters. The number of likely N-dealkylation sites (tertiary alicyclic amines) is 1. The van der Waals surface area contributed by atoms with Crippen molar-refractivity contribution in [3.05, 3.63) is 64.1 Å². The number of amides is 1. The first-order valence-electron chi connectivity index (χ1n) is 11.3. The van der Waals surface area contributed by atoms with Gasteiger partial charge in [-0.2, -0.15) is 0 Å². The molecule has 1 aromatic heterocycles. The van der Waals surface area contributed by atoms with E-state index < -0.39 is 5.60 Å². The Morgan fingerprint density at radius 2 is 1.94 bits per heavy atom. The molecule has 0 spiro atoms. The molecular weight excluding hydrogens is 392 g/mol. The van der Waals surface area contributed by atoms with Gasteiger partial charge in [-0.15, -0.1) is 0 Å². The Morgan fingerprint density at radius 1 is 1.16 bits per heavy atom. The Labute approximate surface area is 182 Å². The average molecular weight is 423 g/mol. The Kier molecular flexibility index (Phi) is 5.13. The predicted octanol–water partition coefficient (Wildman–Crippen LogP) is 2.89. The number of aromatic nitrogens is 1. The van der Waals surface area contributed by atoms with Crippen LogP contribution >= 0.6 is 0 Å². The normalized spacial score (nSPS) is 26.4. The molecule has 5 rings (SSSR count). The lowest BCUT2D eigenvalue weighted by atomic mass is 9.76. The quantitative estimate of drug-likeness (QED) is 0.823. The van der Waals surface area contributed by atoms with Crippen LogP contribution in [0.4, 0.5) is 0 Å². The molecule has 1 aliphatic carbocycles. The summed E-state index contributed by atoms with van der Waals surface area (Å²) in [5, 5.41) is 10.9. The van der Waals surface area contributed by atoms with Crippen molar-refractivity contribution in [3.63, 3.8) is 0 Å². The van der Waals surface area contributed by atoms with E-state index in [0.29, 0.717) is 32.4 Å². The number of benzene rings is 1. The van der Waals surface area contributed by atoms with Crippen LogP contribution in [0.1, 0.15) is 55.3 Å². The molecule has 1 N–H and O–H groups in total. The van der Waals surface area contributed by atoms with Crippen LogP contribution in [-0.2, 0) is 11.2 Å². The van der Waals surface area contributed by atoms with Crippen LogP contribution in [-0.4, -0.2) is 46.3 Å². The van der Waals surface area contributed by atoms with Gasteiger partial charge in [-0.25, -0.2) is 0 Å². The monoisotopic (exact) mass is 422 g/mol. The molecule has 2 fully saturated rings. The lowest BCUT2D eigenvalue weighted by molar-refractivity contribution is -0.154. The van der Waals surface area contributed by atoms with Crippen LogP contribution in [0.15, 0.2) is 47.3 Å². The third kappa shape index (κ3) is 3.57. The molecule has 1 saturated heterocycles. The van der Waals surface area contributed by atoms with E-state index >= 15 is 0 Å². The summed E-state index contributed by atoms with van der Waals surface area (Å²) >= 11 is 0. The fourth-order valence-electron chi connectivity index (χ4n) is 5.98. The van der Waals surface area contributed by atoms with E-state index in [1.807, 2.05) is 39.8 Å². The Hall–Kier alpha value is -2.60. The fourth-order valence-corrected chi connectivity index (χ4v) is 5.98. The van der Waals surface area contributed by atoms with Crippen LogP contribution in [0.3, 0.4) is 0 Å². The fraction of sp³-hybridized carbons (Fsp3) is 0.520. The largest absolute Gasteiger partial charge is 0.497 e. The first kappa shape index (κ1) is 20.3. The molecule has 2 aliphatic heterocycles. The van der Waals surface area contributed by atoms with E-state index in [4.69, 9.17) is 4.74 Å². The van der Waals surface area contributed by atoms with Gasteiger partial charge in [0.2, 0.25) is 0 Å². The smallest absolute Gasteiger partial charge is 0.254 e. The van der Waals surface area contributed by atoms with E-state index in [1.165, 1.54) is 0 Å². The lowest BCUT2D eigenvalue weighted by Gasteiger charge is -2.48. The second-order valence-corrected chi connectivity index (χ2v) is 9.42. The van der Waals surface area contributed by atoms with Gasteiger partial charge < -0.3 is 19.3 Å². The van der Waals surface area contributed by atoms with Gasteiger partial charge in [0.15, 0.2) is 0 Å². The number of methoxy groups -OCH3 is 1. The van der Waals surface area contributed by atoms with Gasteiger partial charge >= 0.3 is 0 Å². The highest BCUT2D eigenvalue weighted by molar-refractivity contribution is 5.85. The van der Waals surface area contributed by atoms with Crippen molar-refractivity contribution in [3.8, 4) is 5.75 Å². The average Bonchev–Trinajstić information content (AvgIpc) is 3.24. The summed E-state index contributed by atoms with van der Waals surface area (Å²) in [5.74, 6) is 0.983. The molecular formula is C25H30N2O4. The number of hydrogen-bond acceptors (Lipinski definition) is 4. The van der Waals surface area contributed by atoms with Crippen molar-refractivity contribution in [1.82, 2.24) is 9.47 Å². The van der Waals surface area contributed by atoms with Gasteiger partial charge in [0.1, 0.15) is 11.4 Å². The number of ether oxygens (including phenoxy) is 1. The minimum atomic E-state index is -1.20. The molecule has 1 aromatic carbocycles. The van der Waals surface area contributed by atoms with Crippen LogP contribution in [0.25, 0.3) is 0 Å². The first-order chi connectivity index (χ1) is 15.0. The van der Waals surface area contributed by atoms with Crippen molar-refractivity contribution in [2.24, 2.45) is 5.92 Å². The maximum Gasteiger partial charge on any atom is 0.254 e. The first-order valence-corrected chi connectivity index (χ1v) is 11.3. The van der Waals surface area contributed by atoms with Crippen molar-refractivity contribution < 1.29 is 14.6 Å². The van der Waals surface area contributed by atoms with Crippen molar-refractivity contribution in [2.75, 3.05) is 20.2 Å². The highest BCUT2D eigenvalue weighted by Crippen LogP contribution is 2.44. The zero-order chi connectivity index (χ0) is 21.6. The maximum atomic E-state index is 13.3. The number of hydrogen-bond donors (Lipinski definition) is 1. The van der Waals surface area contributed by atoms with Crippen LogP contribution in [0.2, 0.25) is 0 Å². The molecule has 0 radical (unpaired) electrons. The third-order valence-corrected chi connectivity index (χ3v) is 7.49. The van der Waals surface area contributed by atoms with E-state index in [-0.39, 0.29) is 29.3 Å². The zero-order valence-corrected chi connectivity index (χ0v) is 18.0. The Balaban J connectivity index is 1.50. The van der Waals surface area contributed by atoms with Crippen molar-refractivity contribution >= 4 is 5.91 Å². The van der Waals surface area contributed by atoms with Gasteiger partial charge in [-0.05, 0) is 68.2 Å². The number of piperidine rings is 1. The van der Waals surface area contributed by atoms with E-state index in [0.717, 1.165) is 36.3 Å². The Bertz CT molecular complexity index is 1040. The standard InChI is InChI=1S/C25H30N2O4/c1-31-20-7-4-6-17(12-20)13-22-19-14-18(21-8-5-9-23(28)27(21)22)15-26(16-19)24(29)25(30)10-2-3-11-25/h4-9,12,18-19,22,30H,2-3,10-11,13-16H2,1H3/t18-,19+,22+/m1/s1. The summed E-state index contributed by atoms with van der Waals surface area (Å²) in [6.07, 6.45) is 4.58. The molecule has 3 heterocycles. The third-order valence-electron chi connectivity index (χ3n) is 7.49. The maximum absolute atomic E-state index is 13.3. The zero-order valence-electron chi connectivity index (χ0n) is 18.0. The summed E-state index contributed by atoms with van der Waals surface area (Å²) in [6.45, 7) is 1.17. The van der Waals surface area contributed by atoms with Crippen molar-refractivity contribution in [2.45, 2.75) is 56.1 Å². The molecule has 1 amide bonds. The summed E-state index contributed by atoms with van der Waals surface area (Å²) in [6, 6.07) is 13.4. The summed E-state index contributed by atoms with van der Waals surface area (Å²) < 4.78 is 7.35. The molecule has 3 atom stereocenters. The highest BCUT2D eigenvalue weighted by Gasteiger charge is 2.47. The van der Waals surface area contributed by atoms with E-state index in [1.54, 1.807) is 13.2 Å². The van der Waals surface area contributed by atoms with Gasteiger partial charge in [0.05, 0.1) is 7.11 Å². The van der Waals surface area contributed by atoms with Crippen LogP contribution in [0, 0.1) is 5.92 Å². The van der Waals surface area contributed by atoms with E-state index in [9.17, 15) is 14.7 Å². The number of fused-ring (bicyclic) bond motifs is 4. The summed E-state index contributed by atoms with van der Waals surface area (Å²) in [5.41, 5.74) is 0.939. The molecule has 1 saturated carbocycles. The number of carbonyl (C=O) groups is 1. The molecule has 6 heteroatoms. The number of rotatable bonds is 4. The number of carbonyl (C=O) groups excluding carboxylic acids is 1. The number of pyridine rings is 1. The molecule has 3 aliphatic rings. The SMILES string of the molecule is COc1cccc(C[C@H]2[C@H]3C[C@H](CN(C(=O)C4(O)CCCC4)C3)c3cccc(=O)n32)c1. The second kappa shape index (κ2) is 7.83.